The molecule has 9 nitrogen and oxygen atoms in total. The Balaban J connectivity index is 1.79. The van der Waals surface area contributed by atoms with E-state index in [1.165, 1.54) is 30.7 Å². The van der Waals surface area contributed by atoms with Crippen LogP contribution in [0.2, 0.25) is 0 Å². The molecular formula is C27H38FN5O4. The molecule has 3 rings (SSSR count). The minimum absolute atomic E-state index is 0.0548. The van der Waals surface area contributed by atoms with E-state index >= 15 is 0 Å². The van der Waals surface area contributed by atoms with Crippen molar-refractivity contribution in [2.45, 2.75) is 66.5 Å². The third-order valence-corrected chi connectivity index (χ3v) is 6.19. The normalized spacial score (nSPS) is 17.6. The maximum atomic E-state index is 14.1. The molecule has 2 amide bonds. The van der Waals surface area contributed by atoms with Crippen LogP contribution in [0.1, 0.15) is 65.2 Å². The number of nitrogens with zero attached hydrogens (tertiary/aromatic N) is 4. The number of carbonyl (C=O) groups excluding carboxylic acids is 2. The first kappa shape index (κ1) is 28.1. The van der Waals surface area contributed by atoms with Crippen molar-refractivity contribution in [2.24, 2.45) is 5.41 Å². The third kappa shape index (κ3) is 7.30. The van der Waals surface area contributed by atoms with Gasteiger partial charge in [0.15, 0.2) is 11.6 Å². The van der Waals surface area contributed by atoms with Gasteiger partial charge in [0.05, 0.1) is 11.8 Å². The van der Waals surface area contributed by atoms with E-state index in [2.05, 4.69) is 27.1 Å². The van der Waals surface area contributed by atoms with E-state index in [1.54, 1.807) is 4.90 Å². The maximum Gasteiger partial charge on any atom is 0.407 e. The molecule has 1 aliphatic rings. The summed E-state index contributed by atoms with van der Waals surface area (Å²) in [4.78, 5) is 37.6. The van der Waals surface area contributed by atoms with Gasteiger partial charge in [-0.15, -0.1) is 0 Å². The van der Waals surface area contributed by atoms with Crippen LogP contribution >= 0.6 is 0 Å². The van der Waals surface area contributed by atoms with Crippen molar-refractivity contribution >= 4 is 17.8 Å². The fourth-order valence-electron chi connectivity index (χ4n) is 4.34. The summed E-state index contributed by atoms with van der Waals surface area (Å²) < 4.78 is 25.7. The molecule has 1 aromatic heterocycles. The molecule has 1 atom stereocenters. The van der Waals surface area contributed by atoms with Crippen LogP contribution in [0, 0.1) is 11.2 Å². The maximum absolute atomic E-state index is 14.1. The molecule has 1 aliphatic heterocycles. The van der Waals surface area contributed by atoms with Crippen molar-refractivity contribution in [3.63, 3.8) is 0 Å². The highest BCUT2D eigenvalue weighted by atomic mass is 19.1. The summed E-state index contributed by atoms with van der Waals surface area (Å²) in [6.45, 7) is 15.5. The molecule has 1 N–H and O–H groups in total. The molecule has 1 saturated heterocycles. The first-order valence-corrected chi connectivity index (χ1v) is 12.6. The summed E-state index contributed by atoms with van der Waals surface area (Å²) in [6, 6.07) is 3.85. The van der Waals surface area contributed by atoms with E-state index in [0.29, 0.717) is 37.7 Å². The second-order valence-electron chi connectivity index (χ2n) is 11.0. The van der Waals surface area contributed by atoms with Gasteiger partial charge in [-0.05, 0) is 66.2 Å². The van der Waals surface area contributed by atoms with Crippen LogP contribution in [0.5, 0.6) is 11.5 Å². The summed E-state index contributed by atoms with van der Waals surface area (Å²) in [5, 5.41) is 2.87. The molecule has 1 aromatic carbocycles. The Kier molecular flexibility index (Phi) is 8.60. The van der Waals surface area contributed by atoms with E-state index < -0.39 is 17.5 Å². The zero-order valence-corrected chi connectivity index (χ0v) is 22.8. The molecule has 0 radical (unpaired) electrons. The summed E-state index contributed by atoms with van der Waals surface area (Å²) >= 11 is 0. The van der Waals surface area contributed by atoms with E-state index in [9.17, 15) is 14.0 Å². The number of anilines is 1. The quantitative estimate of drug-likeness (QED) is 0.527. The number of hydrogen-bond donors (Lipinski definition) is 1. The fraction of sp³-hybridized carbons (Fsp3) is 0.556. The lowest BCUT2D eigenvalue weighted by molar-refractivity contribution is 0.0506. The second kappa shape index (κ2) is 11.3. The van der Waals surface area contributed by atoms with E-state index in [-0.39, 0.29) is 28.7 Å². The molecule has 37 heavy (non-hydrogen) atoms. The van der Waals surface area contributed by atoms with Gasteiger partial charge in [0, 0.05) is 37.6 Å². The van der Waals surface area contributed by atoms with Crippen LogP contribution in [0.4, 0.5) is 15.0 Å². The van der Waals surface area contributed by atoms with Crippen LogP contribution in [-0.4, -0.2) is 64.7 Å². The van der Waals surface area contributed by atoms with Crippen molar-refractivity contribution in [3.05, 3.63) is 42.1 Å². The van der Waals surface area contributed by atoms with Crippen LogP contribution in [0.15, 0.2) is 30.7 Å². The number of alkyl carbamates (subject to hydrolysis) is 1. The minimum atomic E-state index is -0.566. The largest absolute Gasteiger partial charge is 0.451 e. The summed E-state index contributed by atoms with van der Waals surface area (Å²) in [5.74, 6) is 0.324. The third-order valence-electron chi connectivity index (χ3n) is 6.19. The molecule has 10 heteroatoms. The number of carbonyl (C=O) groups is 2. The number of hydrogen-bond acceptors (Lipinski definition) is 7. The van der Waals surface area contributed by atoms with Gasteiger partial charge in [-0.25, -0.2) is 19.2 Å². The molecule has 2 aromatic rings. The average Bonchev–Trinajstić information content (AvgIpc) is 3.20. The summed E-state index contributed by atoms with van der Waals surface area (Å²) in [6.07, 6.45) is 3.33. The van der Waals surface area contributed by atoms with Crippen LogP contribution in [0.3, 0.4) is 0 Å². The predicted molar refractivity (Wildman–Crippen MR) is 140 cm³/mol. The highest BCUT2D eigenvalue weighted by molar-refractivity contribution is 5.97. The molecule has 0 bridgehead atoms. The molecule has 2 heterocycles. The van der Waals surface area contributed by atoms with Gasteiger partial charge in [-0.3, -0.25) is 4.79 Å². The van der Waals surface area contributed by atoms with Gasteiger partial charge in [0.2, 0.25) is 0 Å². The number of ether oxygens (including phenoxy) is 2. The molecular weight excluding hydrogens is 477 g/mol. The van der Waals surface area contributed by atoms with Gasteiger partial charge in [-0.2, -0.15) is 0 Å². The van der Waals surface area contributed by atoms with Crippen molar-refractivity contribution < 1.29 is 23.5 Å². The van der Waals surface area contributed by atoms with E-state index in [4.69, 9.17) is 9.47 Å². The number of halogens is 1. The smallest absolute Gasteiger partial charge is 0.407 e. The highest BCUT2D eigenvalue weighted by Gasteiger charge is 2.36. The summed E-state index contributed by atoms with van der Waals surface area (Å²) in [5.41, 5.74) is -0.642. The van der Waals surface area contributed by atoms with Crippen molar-refractivity contribution in [1.82, 2.24) is 20.2 Å². The number of amides is 2. The zero-order valence-electron chi connectivity index (χ0n) is 22.8. The Morgan fingerprint density at radius 2 is 2.00 bits per heavy atom. The predicted octanol–water partition coefficient (Wildman–Crippen LogP) is 5.02. The molecule has 202 valence electrons. The van der Waals surface area contributed by atoms with Crippen molar-refractivity contribution in [2.75, 3.05) is 31.1 Å². The fourth-order valence-corrected chi connectivity index (χ4v) is 4.34. The lowest BCUT2D eigenvalue weighted by Crippen LogP contribution is -2.40. The SMILES string of the molecule is CCN(C(=O)c1cc(F)ccc1Oc1cncnc1N1CC[C@](C)(CNC(=O)OC(C)(C)C)C1)C(C)C. The number of aromatic nitrogens is 2. The molecule has 0 saturated carbocycles. The van der Waals surface area contributed by atoms with Gasteiger partial charge in [0.25, 0.3) is 5.91 Å². The monoisotopic (exact) mass is 515 g/mol. The first-order valence-electron chi connectivity index (χ1n) is 12.6. The highest BCUT2D eigenvalue weighted by Crippen LogP contribution is 2.38. The van der Waals surface area contributed by atoms with Gasteiger partial charge < -0.3 is 24.6 Å². The van der Waals surface area contributed by atoms with Crippen molar-refractivity contribution in [3.8, 4) is 11.5 Å². The van der Waals surface area contributed by atoms with E-state index in [1.807, 2.05) is 41.5 Å². The Bertz CT molecular complexity index is 1120. The van der Waals surface area contributed by atoms with Crippen LogP contribution in [0.25, 0.3) is 0 Å². The number of benzene rings is 1. The number of nitrogens with one attached hydrogen (secondary N) is 1. The van der Waals surface area contributed by atoms with Crippen LogP contribution < -0.4 is 15.0 Å². The van der Waals surface area contributed by atoms with E-state index in [0.717, 1.165) is 6.42 Å². The Morgan fingerprint density at radius 1 is 1.27 bits per heavy atom. The lowest BCUT2D eigenvalue weighted by atomic mass is 9.90. The van der Waals surface area contributed by atoms with Gasteiger partial charge in [0.1, 0.15) is 23.5 Å². The average molecular weight is 516 g/mol. The molecule has 1 fully saturated rings. The number of rotatable bonds is 8. The molecule has 0 aliphatic carbocycles. The topological polar surface area (TPSA) is 96.9 Å². The standard InChI is InChI=1S/C27H38FN5O4/c1-8-33(18(2)3)24(34)20-13-19(28)9-10-21(20)36-22-14-29-17-31-23(22)32-12-11-27(7,16-32)15-30-25(35)37-26(4,5)6/h9-10,13-14,17-18H,8,11-12,15-16H2,1-7H3,(H,30,35)/t27-/m1/s1. The van der Waals surface area contributed by atoms with Crippen LogP contribution in [-0.2, 0) is 4.74 Å². The zero-order chi connectivity index (χ0) is 27.4. The lowest BCUT2D eigenvalue weighted by Gasteiger charge is -2.27. The second-order valence-corrected chi connectivity index (χ2v) is 11.0. The Labute approximate surface area is 218 Å². The Hall–Kier alpha value is -3.43. The summed E-state index contributed by atoms with van der Waals surface area (Å²) in [7, 11) is 0. The molecule has 0 spiro atoms. The Morgan fingerprint density at radius 3 is 2.65 bits per heavy atom. The first-order chi connectivity index (χ1) is 17.3. The van der Waals surface area contributed by atoms with Gasteiger partial charge >= 0.3 is 6.09 Å². The van der Waals surface area contributed by atoms with Crippen molar-refractivity contribution in [1.29, 1.82) is 0 Å². The minimum Gasteiger partial charge on any atom is -0.451 e. The molecule has 0 unspecified atom stereocenters. The van der Waals surface area contributed by atoms with Gasteiger partial charge in [-0.1, -0.05) is 6.92 Å².